The number of carbonyl (C=O) groups is 3. The minimum absolute atomic E-state index is 0.0687. The van der Waals surface area contributed by atoms with E-state index in [1.807, 2.05) is 20.8 Å². The van der Waals surface area contributed by atoms with Crippen molar-refractivity contribution in [2.24, 2.45) is 11.3 Å². The summed E-state index contributed by atoms with van der Waals surface area (Å²) in [4.78, 5) is 45.6. The Bertz CT molecular complexity index is 1150. The second kappa shape index (κ2) is 14.3. The molecule has 40 heavy (non-hydrogen) atoms. The number of hydrogen-bond donors (Lipinski definition) is 1. The van der Waals surface area contributed by atoms with Crippen LogP contribution >= 0.6 is 0 Å². The van der Waals surface area contributed by atoms with Crippen molar-refractivity contribution in [1.82, 2.24) is 20.4 Å². The first-order valence-electron chi connectivity index (χ1n) is 13.6. The van der Waals surface area contributed by atoms with Crippen LogP contribution in [0.3, 0.4) is 0 Å². The van der Waals surface area contributed by atoms with Crippen LogP contribution in [0.1, 0.15) is 69.0 Å². The lowest BCUT2D eigenvalue weighted by Gasteiger charge is -2.32. The molecule has 1 saturated heterocycles. The summed E-state index contributed by atoms with van der Waals surface area (Å²) in [6.45, 7) is 6.12. The number of rotatable bonds is 14. The zero-order valence-corrected chi connectivity index (χ0v) is 23.5. The van der Waals surface area contributed by atoms with Crippen molar-refractivity contribution in [2.75, 3.05) is 26.3 Å². The van der Waals surface area contributed by atoms with Crippen LogP contribution in [0.5, 0.6) is 5.75 Å². The Labute approximate surface area is 232 Å². The van der Waals surface area contributed by atoms with E-state index in [-0.39, 0.29) is 36.7 Å². The number of nitrogens with one attached hydrogen (secondary N) is 1. The van der Waals surface area contributed by atoms with E-state index in [0.717, 1.165) is 0 Å². The molecule has 0 saturated carbocycles. The Morgan fingerprint density at radius 1 is 1.15 bits per heavy atom. The van der Waals surface area contributed by atoms with Gasteiger partial charge in [0.2, 0.25) is 29.3 Å². The number of Topliss-reactive ketones (excluding diaryl/α,β-unsaturated/α-hetero) is 1. The number of halogens is 2. The number of ether oxygens (including phenoxy) is 2. The number of benzene rings is 1. The van der Waals surface area contributed by atoms with Crippen molar-refractivity contribution < 1.29 is 37.2 Å². The first-order chi connectivity index (χ1) is 19.0. The van der Waals surface area contributed by atoms with Gasteiger partial charge < -0.3 is 24.2 Å². The van der Waals surface area contributed by atoms with Gasteiger partial charge in [0.15, 0.2) is 0 Å². The molecule has 1 N–H and O–H groups in total. The molecule has 1 aromatic heterocycles. The predicted octanol–water partition coefficient (Wildman–Crippen LogP) is 3.84. The molecule has 0 aliphatic carbocycles. The van der Waals surface area contributed by atoms with Crippen LogP contribution in [0.15, 0.2) is 28.8 Å². The topological polar surface area (TPSA) is 124 Å². The van der Waals surface area contributed by atoms with Gasteiger partial charge in [0.25, 0.3) is 0 Å². The third kappa shape index (κ3) is 8.80. The highest BCUT2D eigenvalue weighted by Crippen LogP contribution is 2.35. The summed E-state index contributed by atoms with van der Waals surface area (Å²) in [5, 5.41) is 6.52. The number of para-hydroxylation sites is 1. The van der Waals surface area contributed by atoms with E-state index in [1.54, 1.807) is 30.0 Å². The van der Waals surface area contributed by atoms with Gasteiger partial charge in [-0.3, -0.25) is 14.4 Å². The maximum atomic E-state index is 13.6. The fraction of sp³-hybridized carbons (Fsp3) is 0.607. The molecule has 2 amide bonds. The summed E-state index contributed by atoms with van der Waals surface area (Å²) < 4.78 is 41.0. The zero-order chi connectivity index (χ0) is 29.3. The molecule has 1 aliphatic rings. The van der Waals surface area contributed by atoms with Gasteiger partial charge in [-0.25, -0.2) is 0 Å². The Morgan fingerprint density at radius 3 is 2.48 bits per heavy atom. The van der Waals surface area contributed by atoms with Crippen molar-refractivity contribution in [3.05, 3.63) is 41.5 Å². The second-order valence-corrected chi connectivity index (χ2v) is 10.6. The largest absolute Gasteiger partial charge is 0.435 e. The lowest BCUT2D eigenvalue weighted by molar-refractivity contribution is -0.140. The summed E-state index contributed by atoms with van der Waals surface area (Å²) in [6.07, 6.45) is 1.26. The van der Waals surface area contributed by atoms with E-state index < -0.39 is 35.7 Å². The smallest absolute Gasteiger partial charge is 0.387 e. The van der Waals surface area contributed by atoms with Gasteiger partial charge in [0.1, 0.15) is 5.75 Å². The molecule has 0 bridgehead atoms. The van der Waals surface area contributed by atoms with Gasteiger partial charge in [-0.1, -0.05) is 51.1 Å². The van der Waals surface area contributed by atoms with Crippen LogP contribution in [0, 0.1) is 11.3 Å². The number of morpholine rings is 1. The molecular weight excluding hydrogens is 526 g/mol. The molecule has 1 aromatic carbocycles. The fourth-order valence-corrected chi connectivity index (χ4v) is 4.82. The molecule has 2 atom stereocenters. The van der Waals surface area contributed by atoms with E-state index in [4.69, 9.17) is 14.0 Å². The molecule has 2 heterocycles. The maximum absolute atomic E-state index is 13.6. The maximum Gasteiger partial charge on any atom is 0.387 e. The highest BCUT2D eigenvalue weighted by molar-refractivity contribution is 5.99. The number of amides is 2. The minimum Gasteiger partial charge on any atom is -0.435 e. The van der Waals surface area contributed by atoms with Crippen molar-refractivity contribution >= 4 is 17.6 Å². The van der Waals surface area contributed by atoms with E-state index in [1.165, 1.54) is 6.07 Å². The SMILES string of the molecule is CCc1nc(C(=O)[C@@H](CC)NC(=O)[C@H](CC(=O)N2CCOCC2)CC(C)(C)Cc2ccccc2OC(F)F)no1. The van der Waals surface area contributed by atoms with Crippen molar-refractivity contribution in [3.63, 3.8) is 0 Å². The lowest BCUT2D eigenvalue weighted by atomic mass is 9.76. The molecule has 0 unspecified atom stereocenters. The summed E-state index contributed by atoms with van der Waals surface area (Å²) >= 11 is 0. The van der Waals surface area contributed by atoms with E-state index in [0.29, 0.717) is 50.6 Å². The quantitative estimate of drug-likeness (QED) is 0.344. The molecule has 1 fully saturated rings. The van der Waals surface area contributed by atoms with Crippen LogP contribution in [0.2, 0.25) is 0 Å². The van der Waals surface area contributed by atoms with Gasteiger partial charge in [-0.2, -0.15) is 13.8 Å². The van der Waals surface area contributed by atoms with Crippen molar-refractivity contribution in [2.45, 2.75) is 72.5 Å². The fourth-order valence-electron chi connectivity index (χ4n) is 4.82. The van der Waals surface area contributed by atoms with Gasteiger partial charge in [-0.05, 0) is 36.3 Å². The molecular formula is C28H38F2N4O6. The molecule has 2 aromatic rings. The number of nitrogens with zero attached hydrogens (tertiary/aromatic N) is 3. The highest BCUT2D eigenvalue weighted by atomic mass is 19.3. The molecule has 1 aliphatic heterocycles. The van der Waals surface area contributed by atoms with Crippen LogP contribution in [-0.2, 0) is 27.2 Å². The van der Waals surface area contributed by atoms with Crippen LogP contribution < -0.4 is 10.1 Å². The van der Waals surface area contributed by atoms with Crippen LogP contribution in [0.4, 0.5) is 8.78 Å². The Hall–Kier alpha value is -3.41. The molecule has 0 radical (unpaired) electrons. The van der Waals surface area contributed by atoms with Gasteiger partial charge in [0, 0.05) is 31.8 Å². The van der Waals surface area contributed by atoms with E-state index >= 15 is 0 Å². The number of ketones is 1. The molecule has 3 rings (SSSR count). The van der Waals surface area contributed by atoms with Gasteiger partial charge >= 0.3 is 6.61 Å². The number of aromatic nitrogens is 2. The van der Waals surface area contributed by atoms with Crippen LogP contribution in [0.25, 0.3) is 0 Å². The van der Waals surface area contributed by atoms with E-state index in [9.17, 15) is 23.2 Å². The second-order valence-electron chi connectivity index (χ2n) is 10.6. The van der Waals surface area contributed by atoms with Gasteiger partial charge in [-0.15, -0.1) is 0 Å². The normalized spacial score (nSPS) is 15.5. The monoisotopic (exact) mass is 564 g/mol. The number of alkyl halides is 2. The zero-order valence-electron chi connectivity index (χ0n) is 23.5. The highest BCUT2D eigenvalue weighted by Gasteiger charge is 2.34. The van der Waals surface area contributed by atoms with Gasteiger partial charge in [0.05, 0.1) is 19.3 Å². The Kier molecular flexibility index (Phi) is 11.1. The van der Waals surface area contributed by atoms with Crippen LogP contribution in [-0.4, -0.2) is 71.6 Å². The average molecular weight is 565 g/mol. The lowest BCUT2D eigenvalue weighted by Crippen LogP contribution is -2.47. The molecule has 10 nitrogen and oxygen atoms in total. The Morgan fingerprint density at radius 2 is 1.85 bits per heavy atom. The third-order valence-electron chi connectivity index (χ3n) is 6.84. The summed E-state index contributed by atoms with van der Waals surface area (Å²) in [7, 11) is 0. The molecule has 0 spiro atoms. The number of carbonyl (C=O) groups excluding carboxylic acids is 3. The minimum atomic E-state index is -2.97. The molecule has 12 heteroatoms. The summed E-state index contributed by atoms with van der Waals surface area (Å²) in [6, 6.07) is 5.62. The van der Waals surface area contributed by atoms with Crippen molar-refractivity contribution in [1.29, 1.82) is 0 Å². The van der Waals surface area contributed by atoms with E-state index in [2.05, 4.69) is 15.5 Å². The predicted molar refractivity (Wildman–Crippen MR) is 141 cm³/mol. The summed E-state index contributed by atoms with van der Waals surface area (Å²) in [5.74, 6) is -1.63. The first kappa shape index (κ1) is 31.1. The molecule has 220 valence electrons. The summed E-state index contributed by atoms with van der Waals surface area (Å²) in [5.41, 5.74) is -0.0264. The first-order valence-corrected chi connectivity index (χ1v) is 13.6. The van der Waals surface area contributed by atoms with Crippen molar-refractivity contribution in [3.8, 4) is 5.75 Å². The Balaban J connectivity index is 1.79. The number of aryl methyl sites for hydroxylation is 1. The standard InChI is InChI=1S/C28H38F2N4O6/c1-5-20(24(36)25-32-22(6-2)40-33-25)31-26(37)19(15-23(35)34-11-13-38-14-12-34)17-28(3,4)16-18-9-7-8-10-21(18)39-27(29)30/h7-10,19-20,27H,5-6,11-17H2,1-4H3,(H,31,37)/t19-,20-/m1/s1. The average Bonchev–Trinajstić information content (AvgIpc) is 3.41. The number of hydrogen-bond acceptors (Lipinski definition) is 8. The third-order valence-corrected chi connectivity index (χ3v) is 6.84.